The average molecular weight is 1400 g/mol. The fourth-order valence-corrected chi connectivity index (χ4v) is 14.7. The second-order valence-electron chi connectivity index (χ2n) is 25.1. The predicted molar refractivity (Wildman–Crippen MR) is 339 cm³/mol. The number of aliphatic hydroxyl groups excluding tert-OH is 1. The minimum absolute atomic E-state index is 0.0158. The van der Waals surface area contributed by atoms with Gasteiger partial charge in [0.1, 0.15) is 34.6 Å². The molecule has 13 rings (SSSR count). The SMILES string of the molecule is CC(C)OC(=O)N1CC2(C1)C(=O)N(Cc1nc3c([nH]1)CCCC3)c1ccc(Br)cc12.CC(C)OC(=O)N1CC2(C1)C(=O)N(Cc1nc3c(n1CCCCO)CCCC3)c1ccc(Br)cc12.COCN1C(=O)C2(CN(C(=O)OC(C)C)C2)c2cc(Br)ccc21. The first-order valence-electron chi connectivity index (χ1n) is 30.6. The van der Waals surface area contributed by atoms with E-state index in [1.54, 1.807) is 40.6 Å². The minimum atomic E-state index is -0.747. The van der Waals surface area contributed by atoms with Crippen LogP contribution in [0.1, 0.15) is 131 Å². The van der Waals surface area contributed by atoms with Crippen LogP contribution in [0.5, 0.6) is 0 Å². The van der Waals surface area contributed by atoms with Crippen LogP contribution in [0.25, 0.3) is 0 Å². The van der Waals surface area contributed by atoms with E-state index in [0.717, 1.165) is 128 Å². The number of carbonyl (C=O) groups excluding carboxylic acids is 6. The number of hydrogen-bond donors (Lipinski definition) is 2. The van der Waals surface area contributed by atoms with Gasteiger partial charge in [0.15, 0.2) is 0 Å². The molecule has 3 fully saturated rings. The zero-order valence-electron chi connectivity index (χ0n) is 51.0. The molecule has 6 aliphatic heterocycles. The highest BCUT2D eigenvalue weighted by molar-refractivity contribution is 9.11. The first kappa shape index (κ1) is 63.2. The van der Waals surface area contributed by atoms with Crippen molar-refractivity contribution in [3.05, 3.63) is 119 Å². The number of aryl methyl sites for hydroxylation is 3. The van der Waals surface area contributed by atoms with Gasteiger partial charge in [-0.3, -0.25) is 19.3 Å². The van der Waals surface area contributed by atoms with Gasteiger partial charge in [-0.2, -0.15) is 0 Å². The van der Waals surface area contributed by atoms with E-state index in [1.165, 1.54) is 24.2 Å². The first-order valence-corrected chi connectivity index (χ1v) is 32.9. The number of halogens is 3. The van der Waals surface area contributed by atoms with E-state index in [9.17, 15) is 33.9 Å². The summed E-state index contributed by atoms with van der Waals surface area (Å²) in [4.78, 5) is 101. The maximum Gasteiger partial charge on any atom is 0.410 e. The van der Waals surface area contributed by atoms with Crippen molar-refractivity contribution in [1.82, 2.24) is 34.2 Å². The van der Waals surface area contributed by atoms with Crippen LogP contribution in [0, 0.1) is 0 Å². The van der Waals surface area contributed by atoms with Crippen molar-refractivity contribution in [3.63, 3.8) is 0 Å². The molecule has 0 atom stereocenters. The molecule has 0 unspecified atom stereocenters. The van der Waals surface area contributed by atoms with Crippen molar-refractivity contribution < 1.29 is 52.8 Å². The highest BCUT2D eigenvalue weighted by Crippen LogP contribution is 2.52. The summed E-state index contributed by atoms with van der Waals surface area (Å²) in [6, 6.07) is 17.6. The lowest BCUT2D eigenvalue weighted by Crippen LogP contribution is -2.65. The van der Waals surface area contributed by atoms with Gasteiger partial charge in [-0.05, 0) is 177 Å². The fourth-order valence-electron chi connectivity index (χ4n) is 13.7. The smallest absolute Gasteiger partial charge is 0.410 e. The van der Waals surface area contributed by atoms with Gasteiger partial charge >= 0.3 is 18.3 Å². The van der Waals surface area contributed by atoms with E-state index in [0.29, 0.717) is 52.4 Å². The molecule has 3 aromatic carbocycles. The number of ether oxygens (including phenoxy) is 4. The number of carbonyl (C=O) groups is 6. The van der Waals surface area contributed by atoms with E-state index in [4.69, 9.17) is 28.9 Å². The zero-order valence-corrected chi connectivity index (χ0v) is 55.7. The highest BCUT2D eigenvalue weighted by Gasteiger charge is 2.62. The summed E-state index contributed by atoms with van der Waals surface area (Å²) in [5.74, 6) is 1.75. The second kappa shape index (κ2) is 25.5. The number of hydrogen-bond acceptors (Lipinski definition) is 13. The van der Waals surface area contributed by atoms with Gasteiger partial charge in [-0.15, -0.1) is 0 Å². The monoisotopic (exact) mass is 1400 g/mol. The van der Waals surface area contributed by atoms with Gasteiger partial charge in [-0.1, -0.05) is 47.8 Å². The number of nitrogens with zero attached hydrogens (tertiary/aromatic N) is 9. The average Bonchev–Trinajstić information content (AvgIpc) is 1.55. The minimum Gasteiger partial charge on any atom is -0.447 e. The molecule has 3 spiro atoms. The van der Waals surface area contributed by atoms with Gasteiger partial charge in [-0.25, -0.2) is 24.4 Å². The number of nitrogens with one attached hydrogen (secondary N) is 1. The van der Waals surface area contributed by atoms with Crippen LogP contribution < -0.4 is 14.7 Å². The van der Waals surface area contributed by atoms with Crippen LogP contribution in [0.2, 0.25) is 0 Å². The Hall–Kier alpha value is -6.34. The van der Waals surface area contributed by atoms with Crippen LogP contribution >= 0.6 is 47.8 Å². The Morgan fingerprint density at radius 3 is 1.43 bits per heavy atom. The molecule has 8 aliphatic rings. The van der Waals surface area contributed by atoms with Crippen LogP contribution in [0.4, 0.5) is 31.4 Å². The summed E-state index contributed by atoms with van der Waals surface area (Å²) >= 11 is 10.6. The second-order valence-corrected chi connectivity index (χ2v) is 27.8. The molecule has 5 aromatic rings. The van der Waals surface area contributed by atoms with Crippen molar-refractivity contribution in [2.75, 3.05) is 74.4 Å². The van der Waals surface area contributed by atoms with E-state index in [2.05, 4.69) is 57.3 Å². The lowest BCUT2D eigenvalue weighted by atomic mass is 9.75. The van der Waals surface area contributed by atoms with Gasteiger partial charge in [0.25, 0.3) is 0 Å². The van der Waals surface area contributed by atoms with Crippen LogP contribution in [-0.2, 0) is 94.9 Å². The third-order valence-corrected chi connectivity index (χ3v) is 19.3. The number of aromatic nitrogens is 4. The molecule has 2 aliphatic carbocycles. The molecule has 2 N–H and O–H groups in total. The normalized spacial score (nSPS) is 18.5. The number of rotatable bonds is 13. The van der Waals surface area contributed by atoms with E-state index < -0.39 is 16.2 Å². The quantitative estimate of drug-likeness (QED) is 0.0828. The van der Waals surface area contributed by atoms with E-state index in [1.807, 2.05) is 92.1 Å². The van der Waals surface area contributed by atoms with Crippen LogP contribution in [-0.4, -0.2) is 153 Å². The lowest BCUT2D eigenvalue weighted by Gasteiger charge is -2.46. The maximum atomic E-state index is 13.9. The Morgan fingerprint density at radius 2 is 0.989 bits per heavy atom. The highest BCUT2D eigenvalue weighted by atomic mass is 79.9. The molecule has 8 heterocycles. The largest absolute Gasteiger partial charge is 0.447 e. The molecule has 24 heteroatoms. The summed E-state index contributed by atoms with van der Waals surface area (Å²) in [6.45, 7) is 14.9. The number of fused-ring (bicyclic) bond motifs is 8. The third kappa shape index (κ3) is 11.8. The molecule has 21 nitrogen and oxygen atoms in total. The standard InChI is InChI=1S/C26H33BrN4O4.C22H25BrN4O3.C16H19BrN2O4/c1-17(2)35-25(34)29-15-26(16-29)19-13-18(27)9-10-21(19)31(24(26)33)14-23-28-20-7-3-4-8-22(20)30(23)11-5-6-12-32;1-13(2)30-21(29)26-11-22(12-26)15-9-14(23)7-8-18(15)27(20(22)28)10-19-24-16-5-3-4-6-17(16)25-19;1-10(2)23-15(21)18-7-16(8-18)12-6-11(17)4-5-13(12)19(9-22-3)14(16)20/h9-10,13,17,32H,3-8,11-12,14-16H2,1-2H3;7-9,13H,3-6,10-12H2,1-2H3,(H,24,25);4-6,10H,7-9H2,1-3H3. The molecule has 3 saturated heterocycles. The molecule has 0 bridgehead atoms. The molecule has 470 valence electrons. The Morgan fingerprint density at radius 1 is 0.568 bits per heavy atom. The van der Waals surface area contributed by atoms with E-state index >= 15 is 0 Å². The molecular formula is C64H77Br3N10O11. The molecular weight excluding hydrogens is 1320 g/mol. The molecule has 88 heavy (non-hydrogen) atoms. The summed E-state index contributed by atoms with van der Waals surface area (Å²) in [5.41, 5.74) is 8.12. The number of aliphatic hydroxyl groups is 1. The maximum absolute atomic E-state index is 13.9. The van der Waals surface area contributed by atoms with Gasteiger partial charge in [0.05, 0.1) is 48.5 Å². The fraction of sp³-hybridized carbons (Fsp3) is 0.531. The summed E-state index contributed by atoms with van der Waals surface area (Å²) < 4.78 is 26.1. The number of H-pyrrole nitrogens is 1. The van der Waals surface area contributed by atoms with Crippen LogP contribution in [0.15, 0.2) is 68.0 Å². The van der Waals surface area contributed by atoms with Crippen molar-refractivity contribution in [1.29, 1.82) is 0 Å². The first-order chi connectivity index (χ1) is 42.1. The van der Waals surface area contributed by atoms with Crippen molar-refractivity contribution >= 4 is 101 Å². The molecule has 0 saturated carbocycles. The number of likely N-dealkylation sites (tertiary alicyclic amines) is 3. The summed E-state index contributed by atoms with van der Waals surface area (Å²) in [6.07, 6.45) is 8.61. The molecule has 2 aromatic heterocycles. The predicted octanol–water partition coefficient (Wildman–Crippen LogP) is 10.1. The van der Waals surface area contributed by atoms with E-state index in [-0.39, 0.29) is 67.7 Å². The van der Waals surface area contributed by atoms with Crippen molar-refractivity contribution in [2.24, 2.45) is 0 Å². The van der Waals surface area contributed by atoms with Gasteiger partial charge in [0.2, 0.25) is 17.7 Å². The third-order valence-electron chi connectivity index (χ3n) is 17.8. The number of methoxy groups -OCH3 is 1. The number of unbranched alkanes of at least 4 members (excludes halogenated alkanes) is 1. The Labute approximate surface area is 538 Å². The van der Waals surface area contributed by atoms with Crippen molar-refractivity contribution in [2.45, 2.75) is 160 Å². The summed E-state index contributed by atoms with van der Waals surface area (Å²) in [5, 5.41) is 9.28. The van der Waals surface area contributed by atoms with Gasteiger partial charge < -0.3 is 58.1 Å². The molecule has 0 radical (unpaired) electrons. The lowest BCUT2D eigenvalue weighted by molar-refractivity contribution is -0.130. The van der Waals surface area contributed by atoms with Crippen molar-refractivity contribution in [3.8, 4) is 0 Å². The number of imidazole rings is 2. The van der Waals surface area contributed by atoms with Gasteiger partial charge in [0, 0.05) is 95.7 Å². The van der Waals surface area contributed by atoms with Crippen LogP contribution in [0.3, 0.4) is 0 Å². The number of anilines is 3. The Bertz CT molecular complexity index is 3510. The zero-order chi connectivity index (χ0) is 62.6. The number of amides is 6. The number of aromatic amines is 1. The Kier molecular flexibility index (Phi) is 18.3. The topological polar surface area (TPSA) is 226 Å². The Balaban J connectivity index is 0.000000139. The summed E-state index contributed by atoms with van der Waals surface area (Å²) in [7, 11) is 1.56. The number of benzene rings is 3. The molecule has 6 amide bonds.